The highest BCUT2D eigenvalue weighted by Crippen LogP contribution is 2.31. The topological polar surface area (TPSA) is 215 Å². The summed E-state index contributed by atoms with van der Waals surface area (Å²) >= 11 is 0. The van der Waals surface area contributed by atoms with E-state index in [4.69, 9.17) is 0 Å². The Hall–Kier alpha value is -6.63. The number of hydrogen-bond acceptors (Lipinski definition) is 13. The van der Waals surface area contributed by atoms with Crippen LogP contribution in [0.1, 0.15) is 92.0 Å². The van der Waals surface area contributed by atoms with E-state index < -0.39 is 50.3 Å². The highest BCUT2D eigenvalue weighted by Gasteiger charge is 2.44. The van der Waals surface area contributed by atoms with Gasteiger partial charge in [-0.05, 0) is 102 Å². The largest absolute Gasteiger partial charge is 0.385 e. The number of aromatic nitrogens is 2. The van der Waals surface area contributed by atoms with Gasteiger partial charge >= 0.3 is 0 Å². The van der Waals surface area contributed by atoms with E-state index in [-0.39, 0.29) is 35.8 Å². The van der Waals surface area contributed by atoms with Crippen LogP contribution in [0.15, 0.2) is 66.9 Å². The molecule has 19 heteroatoms. The SMILES string of the molecule is Cc1cnc(Nc2ccc(N3CCN(C(=O)CCCCCCNc4ccc5c(c4)C(=O)N(C4CCC(=O)NC4=O)C5=O)CC3)c(F)c2)nc1Nc1cccc(NS(=O)(=O)C(C)(C)C)c1. The maximum absolute atomic E-state index is 15.5. The van der Waals surface area contributed by atoms with Crippen molar-refractivity contribution in [2.75, 3.05) is 58.3 Å². The lowest BCUT2D eigenvalue weighted by atomic mass is 10.0. The van der Waals surface area contributed by atoms with Crippen LogP contribution in [0.5, 0.6) is 0 Å². The number of nitrogens with zero attached hydrogens (tertiary/aromatic N) is 5. The summed E-state index contributed by atoms with van der Waals surface area (Å²) < 4.78 is 42.5. The Bertz CT molecular complexity index is 2580. The molecule has 3 aliphatic heterocycles. The van der Waals surface area contributed by atoms with Gasteiger partial charge in [0.1, 0.15) is 17.7 Å². The van der Waals surface area contributed by atoms with Gasteiger partial charge in [-0.1, -0.05) is 18.9 Å². The van der Waals surface area contributed by atoms with Crippen LogP contribution < -0.4 is 30.9 Å². The van der Waals surface area contributed by atoms with Gasteiger partial charge in [0.25, 0.3) is 11.8 Å². The van der Waals surface area contributed by atoms with E-state index in [1.807, 2.05) is 16.7 Å². The summed E-state index contributed by atoms with van der Waals surface area (Å²) in [6.45, 7) is 9.29. The van der Waals surface area contributed by atoms with Crippen LogP contribution in [0.4, 0.5) is 44.6 Å². The molecular formula is C45H53FN10O7S. The molecule has 0 aliphatic carbocycles. The van der Waals surface area contributed by atoms with Crippen LogP contribution in [0, 0.1) is 12.7 Å². The summed E-state index contributed by atoms with van der Waals surface area (Å²) in [5.41, 5.74) is 3.79. The van der Waals surface area contributed by atoms with Crippen LogP contribution in [0.3, 0.4) is 0 Å². The molecule has 2 saturated heterocycles. The summed E-state index contributed by atoms with van der Waals surface area (Å²) in [6, 6.07) is 15.6. The fourth-order valence-electron chi connectivity index (χ4n) is 7.63. The lowest BCUT2D eigenvalue weighted by Crippen LogP contribution is -2.54. The third-order valence-corrected chi connectivity index (χ3v) is 13.5. The summed E-state index contributed by atoms with van der Waals surface area (Å²) in [6.07, 6.45) is 5.54. The molecule has 17 nitrogen and oxygen atoms in total. The van der Waals surface area contributed by atoms with Crippen LogP contribution in [-0.4, -0.2) is 101 Å². The maximum Gasteiger partial charge on any atom is 0.262 e. The number of hydrogen-bond donors (Lipinski definition) is 5. The molecule has 1 aromatic heterocycles. The van der Waals surface area contributed by atoms with Crippen molar-refractivity contribution in [2.24, 2.45) is 0 Å². The minimum atomic E-state index is -3.62. The van der Waals surface area contributed by atoms with Crippen molar-refractivity contribution in [3.8, 4) is 0 Å². The zero-order chi connectivity index (χ0) is 45.8. The first-order chi connectivity index (χ1) is 30.5. The molecule has 0 spiro atoms. The molecule has 0 saturated carbocycles. The Morgan fingerprint density at radius 3 is 2.28 bits per heavy atom. The van der Waals surface area contributed by atoms with Crippen molar-refractivity contribution in [1.29, 1.82) is 0 Å². The second kappa shape index (κ2) is 19.0. The number of sulfonamides is 1. The number of carbonyl (C=O) groups is 5. The van der Waals surface area contributed by atoms with Crippen molar-refractivity contribution in [3.05, 3.63) is 89.4 Å². The van der Waals surface area contributed by atoms with E-state index in [0.717, 1.165) is 36.1 Å². The van der Waals surface area contributed by atoms with E-state index in [9.17, 15) is 32.4 Å². The molecule has 3 aromatic carbocycles. The number of amides is 5. The molecule has 64 heavy (non-hydrogen) atoms. The highest BCUT2D eigenvalue weighted by molar-refractivity contribution is 7.94. The number of imide groups is 2. The Morgan fingerprint density at radius 2 is 1.55 bits per heavy atom. The lowest BCUT2D eigenvalue weighted by Gasteiger charge is -2.36. The number of piperidine rings is 1. The predicted molar refractivity (Wildman–Crippen MR) is 242 cm³/mol. The van der Waals surface area contributed by atoms with Crippen molar-refractivity contribution >= 4 is 79.8 Å². The van der Waals surface area contributed by atoms with E-state index in [0.29, 0.717) is 73.4 Å². The molecule has 1 atom stereocenters. The van der Waals surface area contributed by atoms with E-state index >= 15 is 4.39 Å². The third kappa shape index (κ3) is 10.4. The van der Waals surface area contributed by atoms with Crippen molar-refractivity contribution in [3.63, 3.8) is 0 Å². The highest BCUT2D eigenvalue weighted by atomic mass is 32.2. The first kappa shape index (κ1) is 45.4. The van der Waals surface area contributed by atoms with Crippen molar-refractivity contribution in [1.82, 2.24) is 25.1 Å². The Morgan fingerprint density at radius 1 is 0.844 bits per heavy atom. The zero-order valence-electron chi connectivity index (χ0n) is 36.3. The first-order valence-corrected chi connectivity index (χ1v) is 22.9. The molecule has 4 heterocycles. The Balaban J connectivity index is 0.814. The van der Waals surface area contributed by atoms with Crippen molar-refractivity contribution < 1.29 is 36.8 Å². The lowest BCUT2D eigenvalue weighted by molar-refractivity contribution is -0.136. The molecular weight excluding hydrogens is 844 g/mol. The molecule has 5 N–H and O–H groups in total. The average molecular weight is 897 g/mol. The van der Waals surface area contributed by atoms with Gasteiger partial charge in [-0.15, -0.1) is 0 Å². The number of fused-ring (bicyclic) bond motifs is 1. The number of nitrogens with one attached hydrogen (secondary N) is 5. The zero-order valence-corrected chi connectivity index (χ0v) is 37.1. The monoisotopic (exact) mass is 896 g/mol. The van der Waals surface area contributed by atoms with Gasteiger partial charge in [0.05, 0.1) is 27.2 Å². The second-order valence-electron chi connectivity index (χ2n) is 17.1. The second-order valence-corrected chi connectivity index (χ2v) is 19.5. The van der Waals surface area contributed by atoms with Gasteiger partial charge in [-0.25, -0.2) is 17.8 Å². The molecule has 2 fully saturated rings. The van der Waals surface area contributed by atoms with Crippen LogP contribution >= 0.6 is 0 Å². The van der Waals surface area contributed by atoms with E-state index in [1.54, 1.807) is 81.6 Å². The third-order valence-electron chi connectivity index (χ3n) is 11.4. The summed E-state index contributed by atoms with van der Waals surface area (Å²) in [5, 5.41) is 11.8. The van der Waals surface area contributed by atoms with Gasteiger partial charge < -0.3 is 25.8 Å². The summed E-state index contributed by atoms with van der Waals surface area (Å²) in [4.78, 5) is 76.6. The predicted octanol–water partition coefficient (Wildman–Crippen LogP) is 6.06. The van der Waals surface area contributed by atoms with Gasteiger partial charge in [0.15, 0.2) is 0 Å². The molecule has 338 valence electrons. The Labute approximate surface area is 371 Å². The van der Waals surface area contributed by atoms with Gasteiger partial charge in [-0.3, -0.25) is 38.9 Å². The number of benzene rings is 3. The molecule has 4 aromatic rings. The normalized spacial score (nSPS) is 16.7. The molecule has 0 bridgehead atoms. The van der Waals surface area contributed by atoms with E-state index in [2.05, 4.69) is 36.0 Å². The molecule has 7 rings (SSSR count). The number of unbranched alkanes of at least 4 members (excludes halogenated alkanes) is 3. The van der Waals surface area contributed by atoms with E-state index in [1.165, 1.54) is 6.07 Å². The number of piperazine rings is 1. The van der Waals surface area contributed by atoms with Crippen molar-refractivity contribution in [2.45, 2.75) is 83.4 Å². The van der Waals surface area contributed by atoms with Crippen LogP contribution in [0.2, 0.25) is 0 Å². The minimum absolute atomic E-state index is 0.0613. The fraction of sp³-hybridized carbons (Fsp3) is 0.400. The standard InChI is InChI=1S/C45H53FN10O7S/c1-28-27-48-44(52-40(28)49-30-10-9-11-32(24-30)53-64(62,63)45(2,3)4)50-31-14-16-36(35(46)26-31)54-20-22-55(23-21-54)39(58)12-7-5-6-8-19-47-29-13-15-33-34(25-29)43(61)56(42(33)60)37-17-18-38(57)51-41(37)59/h9-11,13-16,24-27,37,47,53H,5-8,12,17-23H2,1-4H3,(H,51,57,59)(H2,48,49,50,52). The van der Waals surface area contributed by atoms with Gasteiger partial charge in [0, 0.05) is 74.4 Å². The number of aryl methyl sites for hydroxylation is 1. The molecule has 1 unspecified atom stereocenters. The Kier molecular flexibility index (Phi) is 13.5. The maximum atomic E-state index is 15.5. The van der Waals surface area contributed by atoms with Gasteiger partial charge in [0.2, 0.25) is 33.7 Å². The smallest absolute Gasteiger partial charge is 0.262 e. The molecule has 5 amide bonds. The number of anilines is 7. The van der Waals surface area contributed by atoms with Gasteiger partial charge in [-0.2, -0.15) is 4.98 Å². The number of halogens is 1. The summed E-state index contributed by atoms with van der Waals surface area (Å²) in [7, 11) is -3.62. The average Bonchev–Trinajstić information content (AvgIpc) is 3.49. The fourth-order valence-corrected chi connectivity index (χ4v) is 8.37. The molecule has 3 aliphatic rings. The quantitative estimate of drug-likeness (QED) is 0.0640. The minimum Gasteiger partial charge on any atom is -0.385 e. The summed E-state index contributed by atoms with van der Waals surface area (Å²) in [5.74, 6) is -1.77. The molecule has 0 radical (unpaired) electrons. The number of carbonyl (C=O) groups excluding carboxylic acids is 5. The van der Waals surface area contributed by atoms with Crippen LogP contribution in [-0.2, 0) is 24.4 Å². The number of rotatable bonds is 16. The first-order valence-electron chi connectivity index (χ1n) is 21.4. The van der Waals surface area contributed by atoms with Crippen LogP contribution in [0.25, 0.3) is 0 Å².